The summed E-state index contributed by atoms with van der Waals surface area (Å²) in [6.45, 7) is 5.06. The van der Waals surface area contributed by atoms with Crippen LogP contribution < -0.4 is 5.73 Å². The summed E-state index contributed by atoms with van der Waals surface area (Å²) in [6, 6.07) is 0. The maximum absolute atomic E-state index is 9.92. The molecule has 0 aromatic heterocycles. The van der Waals surface area contributed by atoms with Gasteiger partial charge in [0.05, 0.1) is 0 Å². The summed E-state index contributed by atoms with van der Waals surface area (Å²) < 4.78 is 4.42. The normalized spacial score (nSPS) is 12.1. The first-order chi connectivity index (χ1) is 3.66. The van der Waals surface area contributed by atoms with E-state index in [1.54, 1.807) is 6.92 Å². The predicted octanol–water partition coefficient (Wildman–Crippen LogP) is 0.656. The fourth-order valence-electron chi connectivity index (χ4n) is 0.231. The lowest BCUT2D eigenvalue weighted by Crippen LogP contribution is -2.18. The predicted molar refractivity (Wildman–Crippen MR) is 30.3 cm³/mol. The van der Waals surface area contributed by atoms with E-state index in [9.17, 15) is 4.79 Å². The van der Waals surface area contributed by atoms with E-state index in [0.717, 1.165) is 0 Å². The molecule has 0 aromatic rings. The first kappa shape index (κ1) is 7.01. The van der Waals surface area contributed by atoms with Gasteiger partial charge in [0.25, 0.3) is 0 Å². The average Bonchev–Trinajstić information content (AvgIpc) is 1.65. The maximum Gasteiger partial charge on any atom is 0.405 e. The van der Waals surface area contributed by atoms with Crippen molar-refractivity contribution in [2.24, 2.45) is 5.73 Å². The topological polar surface area (TPSA) is 52.3 Å². The monoisotopic (exact) mass is 115 g/mol. The highest BCUT2D eigenvalue weighted by Crippen LogP contribution is 1.88. The number of hydrogen-bond donors (Lipinski definition) is 1. The van der Waals surface area contributed by atoms with Gasteiger partial charge in [0.15, 0.2) is 0 Å². The lowest BCUT2D eigenvalue weighted by atomic mass is 10.4. The number of carbonyl (C=O) groups is 1. The lowest BCUT2D eigenvalue weighted by Gasteiger charge is -2.02. The highest BCUT2D eigenvalue weighted by Gasteiger charge is 1.97. The van der Waals surface area contributed by atoms with E-state index < -0.39 is 6.09 Å². The van der Waals surface area contributed by atoms with Crippen LogP contribution >= 0.6 is 0 Å². The van der Waals surface area contributed by atoms with Gasteiger partial charge in [-0.3, -0.25) is 0 Å². The zero-order valence-corrected chi connectivity index (χ0v) is 4.76. The standard InChI is InChI=1S/C5H9NO2/c1-3-4(2)8-5(6)7/h3-4H,1H2,2H3,(H2,6,7). The number of ether oxygens (including phenoxy) is 1. The first-order valence-electron chi connectivity index (χ1n) is 2.25. The maximum atomic E-state index is 9.92. The van der Waals surface area contributed by atoms with Gasteiger partial charge < -0.3 is 10.5 Å². The second-order valence-corrected chi connectivity index (χ2v) is 1.38. The van der Waals surface area contributed by atoms with E-state index in [0.29, 0.717) is 0 Å². The Bertz CT molecular complexity index is 101. The molecule has 2 N–H and O–H groups in total. The number of hydrogen-bond acceptors (Lipinski definition) is 2. The molecule has 0 fully saturated rings. The van der Waals surface area contributed by atoms with Crippen molar-refractivity contribution >= 4 is 6.09 Å². The van der Waals surface area contributed by atoms with Gasteiger partial charge >= 0.3 is 6.09 Å². The summed E-state index contributed by atoms with van der Waals surface area (Å²) in [6.07, 6.45) is 0.440. The lowest BCUT2D eigenvalue weighted by molar-refractivity contribution is 0.137. The Morgan fingerprint density at radius 2 is 2.50 bits per heavy atom. The van der Waals surface area contributed by atoms with E-state index in [1.165, 1.54) is 6.08 Å². The van der Waals surface area contributed by atoms with E-state index in [-0.39, 0.29) is 6.10 Å². The average molecular weight is 115 g/mol. The van der Waals surface area contributed by atoms with Crippen LogP contribution in [0.3, 0.4) is 0 Å². The van der Waals surface area contributed by atoms with Crippen molar-refractivity contribution in [2.75, 3.05) is 0 Å². The van der Waals surface area contributed by atoms with Gasteiger partial charge in [-0.2, -0.15) is 0 Å². The summed E-state index contributed by atoms with van der Waals surface area (Å²) in [7, 11) is 0. The molecule has 0 aliphatic heterocycles. The first-order valence-corrected chi connectivity index (χ1v) is 2.25. The second kappa shape index (κ2) is 3.07. The molecule has 46 valence electrons. The van der Waals surface area contributed by atoms with Crippen molar-refractivity contribution < 1.29 is 9.53 Å². The summed E-state index contributed by atoms with van der Waals surface area (Å²) in [5.74, 6) is 0. The molecule has 1 amide bonds. The summed E-state index contributed by atoms with van der Waals surface area (Å²) in [5, 5.41) is 0. The van der Waals surface area contributed by atoms with Crippen LogP contribution in [-0.2, 0) is 4.74 Å². The Morgan fingerprint density at radius 3 is 2.62 bits per heavy atom. The highest BCUT2D eigenvalue weighted by molar-refractivity contribution is 5.64. The van der Waals surface area contributed by atoms with E-state index in [4.69, 9.17) is 0 Å². The molecule has 1 atom stereocenters. The Kier molecular flexibility index (Phi) is 2.69. The van der Waals surface area contributed by atoms with Crippen LogP contribution in [0.4, 0.5) is 4.79 Å². The van der Waals surface area contributed by atoms with Crippen molar-refractivity contribution in [1.29, 1.82) is 0 Å². The van der Waals surface area contributed by atoms with Crippen LogP contribution in [0.1, 0.15) is 6.92 Å². The molecule has 0 aromatic carbocycles. The minimum atomic E-state index is -0.766. The van der Waals surface area contributed by atoms with Gasteiger partial charge in [-0.05, 0) is 6.92 Å². The molecule has 0 aliphatic rings. The van der Waals surface area contributed by atoms with Crippen molar-refractivity contribution in [3.05, 3.63) is 12.7 Å². The minimum Gasteiger partial charge on any atom is -0.442 e. The van der Waals surface area contributed by atoms with Gasteiger partial charge in [-0.1, -0.05) is 12.7 Å². The van der Waals surface area contributed by atoms with Gasteiger partial charge in [0.2, 0.25) is 0 Å². The van der Waals surface area contributed by atoms with Gasteiger partial charge in [0.1, 0.15) is 6.10 Å². The number of primary amides is 1. The molecule has 1 unspecified atom stereocenters. The molecule has 0 bridgehead atoms. The van der Waals surface area contributed by atoms with E-state index in [2.05, 4.69) is 17.0 Å². The molecule has 3 nitrogen and oxygen atoms in total. The largest absolute Gasteiger partial charge is 0.442 e. The molecule has 0 spiro atoms. The fourth-order valence-corrected chi connectivity index (χ4v) is 0.231. The molecule has 0 rings (SSSR count). The van der Waals surface area contributed by atoms with Crippen LogP contribution in [0.2, 0.25) is 0 Å². The molecule has 0 saturated carbocycles. The molecule has 8 heavy (non-hydrogen) atoms. The van der Waals surface area contributed by atoms with Crippen molar-refractivity contribution in [3.8, 4) is 0 Å². The minimum absolute atomic E-state index is 0.285. The Morgan fingerprint density at radius 1 is 2.00 bits per heavy atom. The molecule has 3 heteroatoms. The third-order valence-electron chi connectivity index (χ3n) is 0.634. The van der Waals surface area contributed by atoms with Crippen molar-refractivity contribution in [2.45, 2.75) is 13.0 Å². The molecular formula is C5H9NO2. The molecular weight excluding hydrogens is 106 g/mol. The number of carbonyl (C=O) groups excluding carboxylic acids is 1. The van der Waals surface area contributed by atoms with E-state index >= 15 is 0 Å². The number of rotatable bonds is 2. The Balaban J connectivity index is 3.38. The third-order valence-corrected chi connectivity index (χ3v) is 0.634. The summed E-state index contributed by atoms with van der Waals surface area (Å²) in [5.41, 5.74) is 4.66. The number of nitrogens with two attached hydrogens (primary N) is 1. The van der Waals surface area contributed by atoms with Gasteiger partial charge in [0, 0.05) is 0 Å². The van der Waals surface area contributed by atoms with Crippen LogP contribution in [-0.4, -0.2) is 12.2 Å². The van der Waals surface area contributed by atoms with Crippen LogP contribution in [0.15, 0.2) is 12.7 Å². The summed E-state index contributed by atoms with van der Waals surface area (Å²) >= 11 is 0. The van der Waals surface area contributed by atoms with Crippen LogP contribution in [0, 0.1) is 0 Å². The molecule has 0 saturated heterocycles. The van der Waals surface area contributed by atoms with Crippen LogP contribution in [0.25, 0.3) is 0 Å². The Hall–Kier alpha value is -0.990. The number of amides is 1. The molecule has 0 heterocycles. The summed E-state index contributed by atoms with van der Waals surface area (Å²) in [4.78, 5) is 9.92. The van der Waals surface area contributed by atoms with Gasteiger partial charge in [-0.15, -0.1) is 0 Å². The quantitative estimate of drug-likeness (QED) is 0.537. The fraction of sp³-hybridized carbons (Fsp3) is 0.400. The smallest absolute Gasteiger partial charge is 0.405 e. The van der Waals surface area contributed by atoms with Crippen LogP contribution in [0.5, 0.6) is 0 Å². The zero-order chi connectivity index (χ0) is 6.57. The Labute approximate surface area is 48.1 Å². The van der Waals surface area contributed by atoms with Crippen molar-refractivity contribution in [1.82, 2.24) is 0 Å². The van der Waals surface area contributed by atoms with Crippen molar-refractivity contribution in [3.63, 3.8) is 0 Å². The highest BCUT2D eigenvalue weighted by atomic mass is 16.6. The second-order valence-electron chi connectivity index (χ2n) is 1.38. The third kappa shape index (κ3) is 3.21. The SMILES string of the molecule is C=CC(C)OC(N)=O. The zero-order valence-electron chi connectivity index (χ0n) is 4.76. The van der Waals surface area contributed by atoms with Gasteiger partial charge in [-0.25, -0.2) is 4.79 Å². The molecule has 0 aliphatic carbocycles. The molecule has 0 radical (unpaired) electrons. The van der Waals surface area contributed by atoms with E-state index in [1.807, 2.05) is 0 Å².